The molecule has 0 spiro atoms. The van der Waals surface area contributed by atoms with Crippen molar-refractivity contribution in [2.24, 2.45) is 0 Å². The van der Waals surface area contributed by atoms with Crippen LogP contribution in [0, 0.1) is 0 Å². The average molecular weight is 196 g/mol. The van der Waals surface area contributed by atoms with Gasteiger partial charge in [0.25, 0.3) is 0 Å². The van der Waals surface area contributed by atoms with Crippen LogP contribution in [0.3, 0.4) is 0 Å². The van der Waals surface area contributed by atoms with Gasteiger partial charge in [0, 0.05) is 12.6 Å². The topological polar surface area (TPSA) is 28.4 Å². The molecular weight excluding hydrogens is 176 g/mol. The van der Waals surface area contributed by atoms with Gasteiger partial charge < -0.3 is 9.73 Å². The molecule has 0 fully saturated rings. The van der Waals surface area contributed by atoms with Crippen LogP contribution in [0.25, 0.3) is 0 Å². The van der Waals surface area contributed by atoms with Crippen molar-refractivity contribution in [2.45, 2.75) is 26.4 Å². The Balaban J connectivity index is 2.46. The van der Waals surface area contributed by atoms with Crippen LogP contribution < -0.4 is 5.32 Å². The molecule has 1 rings (SSSR count). The lowest BCUT2D eigenvalue weighted by molar-refractivity contribution is 0.193. The Morgan fingerprint density at radius 2 is 2.36 bits per heavy atom. The normalized spacial score (nSPS) is 13.4. The first-order valence-electron chi connectivity index (χ1n) is 5.19. The monoisotopic (exact) mass is 196 g/mol. The van der Waals surface area contributed by atoms with Crippen molar-refractivity contribution in [3.05, 3.63) is 24.2 Å². The van der Waals surface area contributed by atoms with Gasteiger partial charge in [-0.05, 0) is 32.6 Å². The first-order valence-corrected chi connectivity index (χ1v) is 5.19. The summed E-state index contributed by atoms with van der Waals surface area (Å²) in [5, 5.41) is 3.19. The zero-order valence-corrected chi connectivity index (χ0v) is 9.29. The fourth-order valence-corrected chi connectivity index (χ4v) is 1.61. The maximum Gasteiger partial charge on any atom is 0.117 e. The Bertz CT molecular complexity index is 233. The molecule has 1 unspecified atom stereocenters. The first kappa shape index (κ1) is 11.3. The lowest BCUT2D eigenvalue weighted by atomic mass is 10.2. The highest BCUT2D eigenvalue weighted by Crippen LogP contribution is 2.07. The summed E-state index contributed by atoms with van der Waals surface area (Å²) in [6.07, 6.45) is 1.73. The van der Waals surface area contributed by atoms with Gasteiger partial charge in [0.05, 0.1) is 12.8 Å². The van der Waals surface area contributed by atoms with Gasteiger partial charge in [0.2, 0.25) is 0 Å². The van der Waals surface area contributed by atoms with Crippen molar-refractivity contribution in [1.29, 1.82) is 0 Å². The second-order valence-electron chi connectivity index (χ2n) is 3.55. The minimum Gasteiger partial charge on any atom is -0.468 e. The van der Waals surface area contributed by atoms with Crippen molar-refractivity contribution in [2.75, 3.05) is 20.1 Å². The number of hydrogen-bond donors (Lipinski definition) is 1. The van der Waals surface area contributed by atoms with E-state index >= 15 is 0 Å². The SMILES string of the molecule is CCN(Cc1ccco1)C(C)CNC. The maximum atomic E-state index is 5.33. The zero-order valence-electron chi connectivity index (χ0n) is 9.29. The molecule has 0 bridgehead atoms. The van der Waals surface area contributed by atoms with Crippen LogP contribution in [-0.2, 0) is 6.54 Å². The average Bonchev–Trinajstić information content (AvgIpc) is 2.66. The molecule has 0 radical (unpaired) electrons. The minimum atomic E-state index is 0.537. The molecule has 0 aromatic carbocycles. The van der Waals surface area contributed by atoms with Gasteiger partial charge in [-0.3, -0.25) is 4.90 Å². The first-order chi connectivity index (χ1) is 6.77. The quantitative estimate of drug-likeness (QED) is 0.751. The van der Waals surface area contributed by atoms with Crippen molar-refractivity contribution in [3.8, 4) is 0 Å². The molecule has 0 saturated heterocycles. The molecule has 1 atom stereocenters. The van der Waals surface area contributed by atoms with E-state index in [0.717, 1.165) is 25.4 Å². The Morgan fingerprint density at radius 1 is 1.57 bits per heavy atom. The summed E-state index contributed by atoms with van der Waals surface area (Å²) in [6.45, 7) is 7.35. The molecule has 0 aliphatic carbocycles. The van der Waals surface area contributed by atoms with E-state index in [9.17, 15) is 0 Å². The molecule has 1 heterocycles. The fraction of sp³-hybridized carbons (Fsp3) is 0.636. The Hall–Kier alpha value is -0.800. The van der Waals surface area contributed by atoms with Crippen LogP contribution in [0.1, 0.15) is 19.6 Å². The van der Waals surface area contributed by atoms with Gasteiger partial charge in [-0.25, -0.2) is 0 Å². The predicted octanol–water partition coefficient (Wildman–Crippen LogP) is 1.71. The summed E-state index contributed by atoms with van der Waals surface area (Å²) in [4.78, 5) is 2.38. The molecule has 14 heavy (non-hydrogen) atoms. The lowest BCUT2D eigenvalue weighted by Gasteiger charge is -2.26. The van der Waals surface area contributed by atoms with Crippen LogP contribution in [0.4, 0.5) is 0 Å². The second-order valence-corrected chi connectivity index (χ2v) is 3.55. The van der Waals surface area contributed by atoms with E-state index in [1.807, 2.05) is 19.2 Å². The minimum absolute atomic E-state index is 0.537. The summed E-state index contributed by atoms with van der Waals surface area (Å²) < 4.78 is 5.33. The lowest BCUT2D eigenvalue weighted by Crippen LogP contribution is -2.38. The standard InChI is InChI=1S/C11H20N2O/c1-4-13(10(2)8-12-3)9-11-6-5-7-14-11/h5-7,10,12H,4,8-9H2,1-3H3. The van der Waals surface area contributed by atoms with E-state index in [2.05, 4.69) is 24.1 Å². The van der Waals surface area contributed by atoms with E-state index in [4.69, 9.17) is 4.42 Å². The van der Waals surface area contributed by atoms with Crippen LogP contribution >= 0.6 is 0 Å². The van der Waals surface area contributed by atoms with E-state index in [-0.39, 0.29) is 0 Å². The van der Waals surface area contributed by atoms with E-state index in [1.165, 1.54) is 0 Å². The highest BCUT2D eigenvalue weighted by Gasteiger charge is 2.12. The van der Waals surface area contributed by atoms with Crippen LogP contribution in [0.2, 0.25) is 0 Å². The molecule has 1 N–H and O–H groups in total. The maximum absolute atomic E-state index is 5.33. The van der Waals surface area contributed by atoms with Gasteiger partial charge >= 0.3 is 0 Å². The van der Waals surface area contributed by atoms with Crippen molar-refractivity contribution < 1.29 is 4.42 Å². The molecule has 1 aromatic rings. The molecule has 80 valence electrons. The van der Waals surface area contributed by atoms with Gasteiger partial charge in [0.15, 0.2) is 0 Å². The number of furan rings is 1. The van der Waals surface area contributed by atoms with E-state index in [0.29, 0.717) is 6.04 Å². The summed E-state index contributed by atoms with van der Waals surface area (Å²) in [7, 11) is 1.98. The van der Waals surface area contributed by atoms with Crippen molar-refractivity contribution in [1.82, 2.24) is 10.2 Å². The Morgan fingerprint density at radius 3 is 2.86 bits per heavy atom. The number of hydrogen-bond acceptors (Lipinski definition) is 3. The highest BCUT2D eigenvalue weighted by molar-refractivity contribution is 4.98. The van der Waals surface area contributed by atoms with E-state index in [1.54, 1.807) is 6.26 Å². The van der Waals surface area contributed by atoms with Gasteiger partial charge in [-0.1, -0.05) is 6.92 Å². The van der Waals surface area contributed by atoms with Gasteiger partial charge in [-0.15, -0.1) is 0 Å². The largest absolute Gasteiger partial charge is 0.468 e. The molecule has 3 nitrogen and oxygen atoms in total. The zero-order chi connectivity index (χ0) is 10.4. The second kappa shape index (κ2) is 5.83. The van der Waals surface area contributed by atoms with E-state index < -0.39 is 0 Å². The van der Waals surface area contributed by atoms with Crippen LogP contribution in [-0.4, -0.2) is 31.1 Å². The number of rotatable bonds is 6. The third kappa shape index (κ3) is 3.16. The van der Waals surface area contributed by atoms with Crippen molar-refractivity contribution in [3.63, 3.8) is 0 Å². The van der Waals surface area contributed by atoms with Gasteiger partial charge in [-0.2, -0.15) is 0 Å². The highest BCUT2D eigenvalue weighted by atomic mass is 16.3. The molecule has 0 amide bonds. The molecule has 1 aromatic heterocycles. The summed E-state index contributed by atoms with van der Waals surface area (Å²) >= 11 is 0. The smallest absolute Gasteiger partial charge is 0.117 e. The number of nitrogens with one attached hydrogen (secondary N) is 1. The summed E-state index contributed by atoms with van der Waals surface area (Å²) in [6, 6.07) is 4.50. The molecule has 3 heteroatoms. The third-order valence-corrected chi connectivity index (χ3v) is 2.47. The Kier molecular flexibility index (Phi) is 4.70. The fourth-order valence-electron chi connectivity index (χ4n) is 1.61. The molecular formula is C11H20N2O. The van der Waals surface area contributed by atoms with Crippen molar-refractivity contribution >= 4 is 0 Å². The number of likely N-dealkylation sites (N-methyl/N-ethyl adjacent to an activating group) is 2. The summed E-state index contributed by atoms with van der Waals surface area (Å²) in [5.41, 5.74) is 0. The van der Waals surface area contributed by atoms with Crippen LogP contribution in [0.5, 0.6) is 0 Å². The molecule has 0 aliphatic heterocycles. The Labute approximate surface area is 86.1 Å². The van der Waals surface area contributed by atoms with Crippen LogP contribution in [0.15, 0.2) is 22.8 Å². The molecule has 0 aliphatic rings. The molecule has 0 saturated carbocycles. The summed E-state index contributed by atoms with van der Waals surface area (Å²) in [5.74, 6) is 1.04. The number of nitrogens with zero attached hydrogens (tertiary/aromatic N) is 1. The predicted molar refractivity (Wildman–Crippen MR) is 58.2 cm³/mol. The third-order valence-electron chi connectivity index (χ3n) is 2.47. The van der Waals surface area contributed by atoms with Gasteiger partial charge in [0.1, 0.15) is 5.76 Å².